The minimum Gasteiger partial charge on any atom is -0.352 e. The summed E-state index contributed by atoms with van der Waals surface area (Å²) in [6, 6.07) is 16.3. The molecule has 0 aliphatic rings. The van der Waals surface area contributed by atoms with Crippen LogP contribution in [0, 0.1) is 6.92 Å². The highest BCUT2D eigenvalue weighted by Gasteiger charge is 2.29. The first kappa shape index (κ1) is 21.0. The van der Waals surface area contributed by atoms with Crippen LogP contribution < -0.4 is 9.62 Å². The van der Waals surface area contributed by atoms with Gasteiger partial charge >= 0.3 is 0 Å². The number of hydrogen-bond donors (Lipinski definition) is 1. The predicted molar refractivity (Wildman–Crippen MR) is 110 cm³/mol. The molecule has 0 aliphatic carbocycles. The molecule has 2 aromatic carbocycles. The van der Waals surface area contributed by atoms with Crippen LogP contribution in [0.2, 0.25) is 0 Å². The van der Waals surface area contributed by atoms with E-state index in [9.17, 15) is 13.2 Å². The molecule has 0 bridgehead atoms. The van der Waals surface area contributed by atoms with Crippen molar-refractivity contribution in [3.05, 3.63) is 65.7 Å². The Morgan fingerprint density at radius 1 is 1.04 bits per heavy atom. The van der Waals surface area contributed by atoms with Gasteiger partial charge in [-0.3, -0.25) is 9.10 Å². The number of hydrogen-bond acceptors (Lipinski definition) is 3. The van der Waals surface area contributed by atoms with Gasteiger partial charge in [0, 0.05) is 6.04 Å². The maximum Gasteiger partial charge on any atom is 0.243 e. The van der Waals surface area contributed by atoms with Gasteiger partial charge in [0.05, 0.1) is 11.9 Å². The second kappa shape index (κ2) is 9.04. The molecule has 1 amide bonds. The van der Waals surface area contributed by atoms with Crippen LogP contribution in [0.3, 0.4) is 0 Å². The molecular weight excluding hydrogens is 360 g/mol. The molecule has 5 nitrogen and oxygen atoms in total. The number of anilines is 1. The quantitative estimate of drug-likeness (QED) is 0.755. The zero-order valence-corrected chi connectivity index (χ0v) is 17.2. The Bertz CT molecular complexity index is 849. The molecule has 0 fully saturated rings. The van der Waals surface area contributed by atoms with Crippen LogP contribution in [-0.4, -0.2) is 32.7 Å². The van der Waals surface area contributed by atoms with E-state index >= 15 is 0 Å². The Morgan fingerprint density at radius 3 is 2.19 bits per heavy atom. The molecule has 0 saturated carbocycles. The first-order chi connectivity index (χ1) is 12.7. The molecule has 0 saturated heterocycles. The lowest BCUT2D eigenvalue weighted by Crippen LogP contribution is -2.50. The minimum atomic E-state index is -3.59. The van der Waals surface area contributed by atoms with Gasteiger partial charge < -0.3 is 5.32 Å². The normalized spacial score (nSPS) is 13.6. The zero-order valence-electron chi connectivity index (χ0n) is 16.3. The number of amides is 1. The van der Waals surface area contributed by atoms with E-state index in [0.29, 0.717) is 5.69 Å². The standard InChI is InChI=1S/C21H28N2O3S/c1-16-10-14-20(15-11-16)23(27(4,25)26)18(3)21(24)22-17(2)12-13-19-8-6-5-7-9-19/h5-11,14-15,17-18H,12-13H2,1-4H3,(H,22,24)/t17-,18-/m0/s1. The van der Waals surface area contributed by atoms with Crippen LogP contribution in [0.15, 0.2) is 54.6 Å². The summed E-state index contributed by atoms with van der Waals surface area (Å²) in [4.78, 5) is 12.7. The van der Waals surface area contributed by atoms with Gasteiger partial charge in [-0.2, -0.15) is 0 Å². The highest BCUT2D eigenvalue weighted by atomic mass is 32.2. The summed E-state index contributed by atoms with van der Waals surface area (Å²) in [5.41, 5.74) is 2.73. The van der Waals surface area contributed by atoms with Crippen molar-refractivity contribution >= 4 is 21.6 Å². The van der Waals surface area contributed by atoms with E-state index in [1.807, 2.05) is 44.2 Å². The maximum atomic E-state index is 12.7. The number of nitrogens with zero attached hydrogens (tertiary/aromatic N) is 1. The molecule has 0 heterocycles. The van der Waals surface area contributed by atoms with Crippen molar-refractivity contribution in [2.24, 2.45) is 0 Å². The summed E-state index contributed by atoms with van der Waals surface area (Å²) in [5, 5.41) is 2.94. The van der Waals surface area contributed by atoms with Crippen molar-refractivity contribution in [3.63, 3.8) is 0 Å². The lowest BCUT2D eigenvalue weighted by Gasteiger charge is -2.29. The van der Waals surface area contributed by atoms with E-state index in [4.69, 9.17) is 0 Å². The van der Waals surface area contributed by atoms with Crippen molar-refractivity contribution in [2.75, 3.05) is 10.6 Å². The molecule has 2 rings (SSSR count). The number of aryl methyl sites for hydroxylation is 2. The number of carbonyl (C=O) groups is 1. The predicted octanol–water partition coefficient (Wildman–Crippen LogP) is 3.29. The second-order valence-corrected chi connectivity index (χ2v) is 8.86. The van der Waals surface area contributed by atoms with E-state index in [1.54, 1.807) is 19.1 Å². The summed E-state index contributed by atoms with van der Waals surface area (Å²) in [5.74, 6) is -0.304. The topological polar surface area (TPSA) is 66.5 Å². The number of benzene rings is 2. The summed E-state index contributed by atoms with van der Waals surface area (Å²) in [6.45, 7) is 5.48. The smallest absolute Gasteiger partial charge is 0.243 e. The third-order valence-corrected chi connectivity index (χ3v) is 5.72. The lowest BCUT2D eigenvalue weighted by atomic mass is 10.1. The number of nitrogens with one attached hydrogen (secondary N) is 1. The zero-order chi connectivity index (χ0) is 20.0. The first-order valence-electron chi connectivity index (χ1n) is 9.09. The van der Waals surface area contributed by atoms with Gasteiger partial charge in [-0.05, 0) is 51.3 Å². The Labute approximate surface area is 162 Å². The summed E-state index contributed by atoms with van der Waals surface area (Å²) in [7, 11) is -3.59. The number of carbonyl (C=O) groups excluding carboxylic acids is 1. The van der Waals surface area contributed by atoms with Crippen molar-refractivity contribution in [2.45, 2.75) is 45.7 Å². The van der Waals surface area contributed by atoms with Gasteiger partial charge in [-0.1, -0.05) is 48.0 Å². The van der Waals surface area contributed by atoms with Crippen LogP contribution in [0.1, 0.15) is 31.4 Å². The fourth-order valence-electron chi connectivity index (χ4n) is 2.96. The Morgan fingerprint density at radius 2 is 1.63 bits per heavy atom. The van der Waals surface area contributed by atoms with E-state index in [2.05, 4.69) is 17.4 Å². The van der Waals surface area contributed by atoms with Crippen LogP contribution in [0.4, 0.5) is 5.69 Å². The highest BCUT2D eigenvalue weighted by molar-refractivity contribution is 7.92. The summed E-state index contributed by atoms with van der Waals surface area (Å²) >= 11 is 0. The average molecular weight is 389 g/mol. The Kier molecular flexibility index (Phi) is 7.02. The molecular formula is C21H28N2O3S. The molecule has 0 spiro atoms. The van der Waals surface area contributed by atoms with Gasteiger partial charge in [0.1, 0.15) is 6.04 Å². The van der Waals surface area contributed by atoms with Gasteiger partial charge in [-0.25, -0.2) is 8.42 Å². The molecule has 0 unspecified atom stereocenters. The van der Waals surface area contributed by atoms with Crippen molar-refractivity contribution in [3.8, 4) is 0 Å². The molecule has 1 N–H and O–H groups in total. The monoisotopic (exact) mass is 388 g/mol. The first-order valence-corrected chi connectivity index (χ1v) is 10.9. The molecule has 27 heavy (non-hydrogen) atoms. The Balaban J connectivity index is 2.04. The lowest BCUT2D eigenvalue weighted by molar-refractivity contribution is -0.122. The molecule has 2 atom stereocenters. The number of rotatable bonds is 8. The summed E-state index contributed by atoms with van der Waals surface area (Å²) < 4.78 is 25.8. The SMILES string of the molecule is Cc1ccc(N([C@@H](C)C(=O)N[C@@H](C)CCc2ccccc2)S(C)(=O)=O)cc1. The molecule has 146 valence electrons. The van der Waals surface area contributed by atoms with Gasteiger partial charge in [0.2, 0.25) is 15.9 Å². The summed E-state index contributed by atoms with van der Waals surface area (Å²) in [6.07, 6.45) is 2.76. The van der Waals surface area contributed by atoms with Crippen LogP contribution in [0.5, 0.6) is 0 Å². The third-order valence-electron chi connectivity index (χ3n) is 4.47. The van der Waals surface area contributed by atoms with E-state index in [0.717, 1.165) is 24.7 Å². The molecule has 2 aromatic rings. The van der Waals surface area contributed by atoms with Gasteiger partial charge in [0.25, 0.3) is 0 Å². The molecule has 0 aromatic heterocycles. The van der Waals surface area contributed by atoms with Gasteiger partial charge in [0.15, 0.2) is 0 Å². The minimum absolute atomic E-state index is 0.0559. The number of sulfonamides is 1. The van der Waals surface area contributed by atoms with E-state index < -0.39 is 16.1 Å². The van der Waals surface area contributed by atoms with Crippen molar-refractivity contribution in [1.82, 2.24) is 5.32 Å². The fourth-order valence-corrected chi connectivity index (χ4v) is 4.14. The third kappa shape index (κ3) is 6.10. The van der Waals surface area contributed by atoms with Crippen LogP contribution in [-0.2, 0) is 21.2 Å². The van der Waals surface area contributed by atoms with Gasteiger partial charge in [-0.15, -0.1) is 0 Å². The van der Waals surface area contributed by atoms with Crippen LogP contribution >= 0.6 is 0 Å². The fraction of sp³-hybridized carbons (Fsp3) is 0.381. The molecule has 0 aliphatic heterocycles. The van der Waals surface area contributed by atoms with Crippen molar-refractivity contribution in [1.29, 1.82) is 0 Å². The molecule has 6 heteroatoms. The average Bonchev–Trinajstić information content (AvgIpc) is 2.61. The van der Waals surface area contributed by atoms with Crippen LogP contribution in [0.25, 0.3) is 0 Å². The Hall–Kier alpha value is -2.34. The largest absolute Gasteiger partial charge is 0.352 e. The van der Waals surface area contributed by atoms with E-state index in [1.165, 1.54) is 9.87 Å². The van der Waals surface area contributed by atoms with Crippen molar-refractivity contribution < 1.29 is 13.2 Å². The second-order valence-electron chi connectivity index (χ2n) is 7.00. The van der Waals surface area contributed by atoms with E-state index in [-0.39, 0.29) is 11.9 Å². The maximum absolute atomic E-state index is 12.7. The molecule has 0 radical (unpaired) electrons. The highest BCUT2D eigenvalue weighted by Crippen LogP contribution is 2.21.